The van der Waals surface area contributed by atoms with Crippen molar-refractivity contribution in [1.29, 1.82) is 0 Å². The van der Waals surface area contributed by atoms with Crippen molar-refractivity contribution in [2.24, 2.45) is 0 Å². The molecular formula is C27H27N9O2. The number of rotatable bonds is 8. The van der Waals surface area contributed by atoms with Gasteiger partial charge in [0.1, 0.15) is 29.7 Å². The maximum absolute atomic E-state index is 12.4. The van der Waals surface area contributed by atoms with E-state index < -0.39 is 0 Å². The summed E-state index contributed by atoms with van der Waals surface area (Å²) in [4.78, 5) is 22.9. The first kappa shape index (κ1) is 23.6. The smallest absolute Gasteiger partial charge is 0.246 e. The maximum Gasteiger partial charge on any atom is 0.246 e. The summed E-state index contributed by atoms with van der Waals surface area (Å²) in [6.07, 6.45) is 10.3. The zero-order valence-electron chi connectivity index (χ0n) is 21.1. The fourth-order valence-electron chi connectivity index (χ4n) is 4.60. The molecule has 192 valence electrons. The van der Waals surface area contributed by atoms with Gasteiger partial charge in [-0.3, -0.25) is 4.79 Å². The number of amides is 1. The van der Waals surface area contributed by atoms with Crippen LogP contribution in [0.15, 0.2) is 73.6 Å². The molecule has 0 spiro atoms. The van der Waals surface area contributed by atoms with Gasteiger partial charge in [-0.05, 0) is 55.4 Å². The van der Waals surface area contributed by atoms with Gasteiger partial charge in [-0.1, -0.05) is 6.08 Å². The molecule has 0 unspecified atom stereocenters. The summed E-state index contributed by atoms with van der Waals surface area (Å²) >= 11 is 0. The van der Waals surface area contributed by atoms with Gasteiger partial charge in [0, 0.05) is 55.8 Å². The molecule has 1 aliphatic heterocycles. The molecule has 2 N–H and O–H groups in total. The van der Waals surface area contributed by atoms with E-state index in [1.807, 2.05) is 72.2 Å². The van der Waals surface area contributed by atoms with Crippen LogP contribution in [0.4, 0.5) is 11.5 Å². The van der Waals surface area contributed by atoms with E-state index in [-0.39, 0.29) is 11.8 Å². The first-order valence-electron chi connectivity index (χ1n) is 12.4. The van der Waals surface area contributed by atoms with Gasteiger partial charge in [-0.25, -0.2) is 19.0 Å². The lowest BCUT2D eigenvalue weighted by molar-refractivity contribution is -0.130. The fourth-order valence-corrected chi connectivity index (χ4v) is 4.60. The zero-order valence-corrected chi connectivity index (χ0v) is 21.1. The third kappa shape index (κ3) is 4.55. The largest absolute Gasteiger partial charge is 0.457 e. The SMILES string of the molecule is CNC/C=C/C(=O)N1CC(c2ccn3ncnc(Nc4ccc(Oc5ccn6ncnc6c5)c(C)c4)c23)C1. The number of likely N-dealkylation sites (tertiary alicyclic amines) is 1. The second kappa shape index (κ2) is 9.94. The molecule has 1 saturated heterocycles. The Morgan fingerprint density at radius 2 is 1.89 bits per heavy atom. The summed E-state index contributed by atoms with van der Waals surface area (Å²) in [5.74, 6) is 2.42. The van der Waals surface area contributed by atoms with Crippen LogP contribution in [0.3, 0.4) is 0 Å². The van der Waals surface area contributed by atoms with Crippen molar-refractivity contribution >= 4 is 28.6 Å². The molecule has 1 fully saturated rings. The zero-order chi connectivity index (χ0) is 26.1. The van der Waals surface area contributed by atoms with Crippen LogP contribution in [-0.4, -0.2) is 66.7 Å². The highest BCUT2D eigenvalue weighted by Crippen LogP contribution is 2.35. The molecule has 1 aliphatic rings. The molecule has 1 amide bonds. The van der Waals surface area contributed by atoms with Crippen molar-refractivity contribution in [3.05, 3.63) is 84.7 Å². The van der Waals surface area contributed by atoms with Gasteiger partial charge in [-0.15, -0.1) is 0 Å². The average molecular weight is 510 g/mol. The molecule has 11 heteroatoms. The molecule has 6 rings (SSSR count). The number of carbonyl (C=O) groups is 1. The molecule has 0 aliphatic carbocycles. The molecule has 0 atom stereocenters. The Morgan fingerprint density at radius 1 is 1.08 bits per heavy atom. The Morgan fingerprint density at radius 3 is 2.74 bits per heavy atom. The van der Waals surface area contributed by atoms with Crippen LogP contribution in [0.2, 0.25) is 0 Å². The van der Waals surface area contributed by atoms with Crippen molar-refractivity contribution in [2.75, 3.05) is 32.0 Å². The van der Waals surface area contributed by atoms with Gasteiger partial charge in [0.15, 0.2) is 11.5 Å². The van der Waals surface area contributed by atoms with Gasteiger partial charge < -0.3 is 20.3 Å². The first-order chi connectivity index (χ1) is 18.6. The number of pyridine rings is 1. The van der Waals surface area contributed by atoms with Crippen LogP contribution in [0.1, 0.15) is 17.0 Å². The number of nitrogens with zero attached hydrogens (tertiary/aromatic N) is 7. The average Bonchev–Trinajstić information content (AvgIpc) is 3.53. The van der Waals surface area contributed by atoms with E-state index in [0.717, 1.165) is 33.7 Å². The second-order valence-electron chi connectivity index (χ2n) is 9.21. The van der Waals surface area contributed by atoms with E-state index in [1.165, 1.54) is 12.7 Å². The van der Waals surface area contributed by atoms with Crippen molar-refractivity contribution in [1.82, 2.24) is 39.4 Å². The Labute approximate surface area is 218 Å². The number of likely N-dealkylation sites (N-methyl/N-ethyl adjacent to an activating group) is 1. The summed E-state index contributed by atoms with van der Waals surface area (Å²) in [6.45, 7) is 4.01. The Kier molecular flexibility index (Phi) is 6.18. The summed E-state index contributed by atoms with van der Waals surface area (Å²) in [5, 5.41) is 14.9. The number of fused-ring (bicyclic) bond motifs is 2. The molecule has 0 bridgehead atoms. The standard InChI is InChI=1S/C27H27N9O2/c1-18-12-20(5-6-23(18)38-21-7-10-35-24(13-21)29-16-31-35)33-27-26-22(8-11-36(26)32-17-30-27)19-14-34(15-19)25(37)4-3-9-28-2/h3-8,10-13,16-17,19,28H,9,14-15H2,1-2H3,(H,30,32,33)/b4-3+. The Hall–Kier alpha value is -4.77. The monoisotopic (exact) mass is 509 g/mol. The lowest BCUT2D eigenvalue weighted by Crippen LogP contribution is -2.47. The summed E-state index contributed by atoms with van der Waals surface area (Å²) in [6, 6.07) is 11.7. The van der Waals surface area contributed by atoms with Gasteiger partial charge in [0.05, 0.1) is 0 Å². The number of ether oxygens (including phenoxy) is 1. The molecule has 0 radical (unpaired) electrons. The van der Waals surface area contributed by atoms with Crippen LogP contribution in [0, 0.1) is 6.92 Å². The number of carbonyl (C=O) groups excluding carboxylic acids is 1. The van der Waals surface area contributed by atoms with E-state index in [2.05, 4.69) is 36.9 Å². The number of hydrogen-bond acceptors (Lipinski definition) is 8. The summed E-state index contributed by atoms with van der Waals surface area (Å²) in [7, 11) is 1.85. The highest BCUT2D eigenvalue weighted by molar-refractivity contribution is 5.88. The molecule has 11 nitrogen and oxygen atoms in total. The second-order valence-corrected chi connectivity index (χ2v) is 9.21. The molecule has 5 aromatic rings. The number of aryl methyl sites for hydroxylation is 1. The Bertz CT molecular complexity index is 1650. The molecule has 5 heterocycles. The third-order valence-corrected chi connectivity index (χ3v) is 6.62. The normalized spacial score (nSPS) is 13.9. The summed E-state index contributed by atoms with van der Waals surface area (Å²) < 4.78 is 9.62. The molecule has 38 heavy (non-hydrogen) atoms. The molecule has 0 saturated carbocycles. The van der Waals surface area contributed by atoms with Crippen LogP contribution in [-0.2, 0) is 4.79 Å². The predicted molar refractivity (Wildman–Crippen MR) is 143 cm³/mol. The van der Waals surface area contributed by atoms with Crippen molar-refractivity contribution in [3.8, 4) is 11.5 Å². The lowest BCUT2D eigenvalue weighted by atomic mass is 9.92. The van der Waals surface area contributed by atoms with Crippen molar-refractivity contribution in [3.63, 3.8) is 0 Å². The van der Waals surface area contributed by atoms with E-state index in [0.29, 0.717) is 31.2 Å². The molecular weight excluding hydrogens is 482 g/mol. The highest BCUT2D eigenvalue weighted by atomic mass is 16.5. The summed E-state index contributed by atoms with van der Waals surface area (Å²) in [5.41, 5.74) is 4.61. The number of nitrogens with one attached hydrogen (secondary N) is 2. The first-order valence-corrected chi connectivity index (χ1v) is 12.4. The van der Waals surface area contributed by atoms with Gasteiger partial charge in [0.2, 0.25) is 5.91 Å². The Balaban J connectivity index is 1.18. The number of aromatic nitrogens is 6. The van der Waals surface area contributed by atoms with Crippen LogP contribution < -0.4 is 15.4 Å². The molecule has 4 aromatic heterocycles. The third-order valence-electron chi connectivity index (χ3n) is 6.62. The van der Waals surface area contributed by atoms with Crippen molar-refractivity contribution in [2.45, 2.75) is 12.8 Å². The van der Waals surface area contributed by atoms with Crippen molar-refractivity contribution < 1.29 is 9.53 Å². The van der Waals surface area contributed by atoms with Crippen LogP contribution in [0.25, 0.3) is 11.2 Å². The van der Waals surface area contributed by atoms with E-state index in [4.69, 9.17) is 4.74 Å². The number of hydrogen-bond donors (Lipinski definition) is 2. The quantitative estimate of drug-likeness (QED) is 0.306. The van der Waals surface area contributed by atoms with Gasteiger partial charge in [-0.2, -0.15) is 10.2 Å². The minimum absolute atomic E-state index is 0.0359. The molecule has 1 aromatic carbocycles. The predicted octanol–water partition coefficient (Wildman–Crippen LogP) is 3.32. The topological polar surface area (TPSA) is 114 Å². The van der Waals surface area contributed by atoms with Crippen LogP contribution >= 0.6 is 0 Å². The fraction of sp³-hybridized carbons (Fsp3) is 0.222. The number of anilines is 2. The van der Waals surface area contributed by atoms with Gasteiger partial charge >= 0.3 is 0 Å². The lowest BCUT2D eigenvalue weighted by Gasteiger charge is -2.38. The van der Waals surface area contributed by atoms with E-state index >= 15 is 0 Å². The minimum atomic E-state index is 0.0359. The number of benzene rings is 1. The highest BCUT2D eigenvalue weighted by Gasteiger charge is 2.33. The van der Waals surface area contributed by atoms with Gasteiger partial charge in [0.25, 0.3) is 0 Å². The maximum atomic E-state index is 12.4. The van der Waals surface area contributed by atoms with E-state index in [1.54, 1.807) is 10.6 Å². The van der Waals surface area contributed by atoms with Crippen LogP contribution in [0.5, 0.6) is 11.5 Å². The minimum Gasteiger partial charge on any atom is -0.457 e. The van der Waals surface area contributed by atoms with E-state index in [9.17, 15) is 4.79 Å².